The van der Waals surface area contributed by atoms with E-state index < -0.39 is 5.60 Å². The fourth-order valence-corrected chi connectivity index (χ4v) is 5.03. The number of rotatable bonds is 16. The van der Waals surface area contributed by atoms with Crippen LogP contribution in [-0.2, 0) is 26.2 Å². The average Bonchev–Trinajstić information content (AvgIpc) is 2.95. The summed E-state index contributed by atoms with van der Waals surface area (Å²) >= 11 is 0. The highest BCUT2D eigenvalue weighted by molar-refractivity contribution is 5.22. The van der Waals surface area contributed by atoms with Crippen LogP contribution in [0.3, 0.4) is 0 Å². The summed E-state index contributed by atoms with van der Waals surface area (Å²) in [7, 11) is 0. The predicted molar refractivity (Wildman–Crippen MR) is 153 cm³/mol. The van der Waals surface area contributed by atoms with Crippen LogP contribution >= 0.6 is 0 Å². The molecule has 2 heterocycles. The van der Waals surface area contributed by atoms with Crippen LogP contribution in [0.2, 0.25) is 0 Å². The van der Waals surface area contributed by atoms with Crippen molar-refractivity contribution in [3.8, 4) is 0 Å². The highest BCUT2D eigenvalue weighted by atomic mass is 16.3. The highest BCUT2D eigenvalue weighted by Crippen LogP contribution is 2.27. The fourth-order valence-electron chi connectivity index (χ4n) is 5.03. The molecule has 0 spiro atoms. The van der Waals surface area contributed by atoms with Crippen LogP contribution in [0.4, 0.5) is 0 Å². The zero-order chi connectivity index (χ0) is 26.3. The molecule has 1 aromatic carbocycles. The van der Waals surface area contributed by atoms with Crippen LogP contribution in [0, 0.1) is 0 Å². The maximum absolute atomic E-state index is 10.7. The van der Waals surface area contributed by atoms with Crippen LogP contribution in [0.5, 0.6) is 0 Å². The van der Waals surface area contributed by atoms with Crippen LogP contribution in [0.15, 0.2) is 73.1 Å². The van der Waals surface area contributed by atoms with E-state index in [9.17, 15) is 5.11 Å². The summed E-state index contributed by atoms with van der Waals surface area (Å²) in [5, 5.41) is 21.3. The summed E-state index contributed by atoms with van der Waals surface area (Å²) in [5.41, 5.74) is 4.18. The molecule has 0 unspecified atom stereocenters. The molecule has 0 aliphatic heterocycles. The second-order valence-corrected chi connectivity index (χ2v) is 10.5. The Morgan fingerprint density at radius 1 is 0.684 bits per heavy atom. The Balaban J connectivity index is 1.23. The number of hydrogen-bond acceptors (Lipinski definition) is 7. The van der Waals surface area contributed by atoms with E-state index in [1.165, 1.54) is 17.5 Å². The van der Waals surface area contributed by atoms with Crippen LogP contribution in [0.1, 0.15) is 54.6 Å². The van der Waals surface area contributed by atoms with Gasteiger partial charge in [-0.3, -0.25) is 14.9 Å². The summed E-state index contributed by atoms with van der Waals surface area (Å²) in [4.78, 5) is 11.3. The second-order valence-electron chi connectivity index (χ2n) is 10.5. The molecule has 1 fully saturated rings. The summed E-state index contributed by atoms with van der Waals surface area (Å²) in [6, 6.07) is 21.0. The summed E-state index contributed by atoms with van der Waals surface area (Å²) in [5.74, 6) is 0. The molecular formula is C31H44N6O. The molecule has 204 valence electrons. The van der Waals surface area contributed by atoms with Crippen molar-refractivity contribution in [2.75, 3.05) is 32.7 Å². The molecule has 0 saturated heterocycles. The van der Waals surface area contributed by atoms with Crippen LogP contribution in [-0.4, -0.2) is 58.3 Å². The van der Waals surface area contributed by atoms with Gasteiger partial charge in [-0.05, 0) is 48.2 Å². The van der Waals surface area contributed by atoms with Crippen molar-refractivity contribution < 1.29 is 5.11 Å². The Bertz CT molecular complexity index is 978. The first-order chi connectivity index (χ1) is 18.7. The van der Waals surface area contributed by atoms with Crippen molar-refractivity contribution >= 4 is 0 Å². The minimum atomic E-state index is -0.520. The van der Waals surface area contributed by atoms with E-state index in [-0.39, 0.29) is 0 Å². The molecule has 7 heteroatoms. The predicted octanol–water partition coefficient (Wildman–Crippen LogP) is 3.64. The lowest BCUT2D eigenvalue weighted by molar-refractivity contribution is 0.00467. The number of nitrogens with zero attached hydrogens (tertiary/aromatic N) is 3. The van der Waals surface area contributed by atoms with Gasteiger partial charge in [0.15, 0.2) is 0 Å². The van der Waals surface area contributed by atoms with Gasteiger partial charge in [-0.15, -0.1) is 0 Å². The largest absolute Gasteiger partial charge is 0.389 e. The highest BCUT2D eigenvalue weighted by Gasteiger charge is 2.28. The van der Waals surface area contributed by atoms with Gasteiger partial charge in [0.25, 0.3) is 0 Å². The van der Waals surface area contributed by atoms with Crippen LogP contribution < -0.4 is 16.0 Å². The van der Waals surface area contributed by atoms with Gasteiger partial charge in [-0.1, -0.05) is 55.7 Å². The van der Waals surface area contributed by atoms with Gasteiger partial charge in [-0.2, -0.15) is 0 Å². The molecule has 38 heavy (non-hydrogen) atoms. The Labute approximate surface area is 228 Å². The number of aromatic nitrogens is 2. The summed E-state index contributed by atoms with van der Waals surface area (Å²) in [6.07, 6.45) is 9.05. The molecule has 0 atom stereocenters. The SMILES string of the molecule is OC1(CNCc2ccc(CN(CCNCc3ccccn3)CCNCc3ccccn3)cc2)CCCCC1. The molecular weight excluding hydrogens is 472 g/mol. The molecule has 1 aliphatic rings. The van der Waals surface area contributed by atoms with Gasteiger partial charge in [0.2, 0.25) is 0 Å². The van der Waals surface area contributed by atoms with Gasteiger partial charge in [0, 0.05) is 71.3 Å². The maximum atomic E-state index is 10.7. The second kappa shape index (κ2) is 15.7. The number of pyridine rings is 2. The Hall–Kier alpha value is -2.68. The molecule has 4 N–H and O–H groups in total. The van der Waals surface area contributed by atoms with Crippen molar-refractivity contribution in [1.29, 1.82) is 0 Å². The average molecular weight is 517 g/mol. The minimum absolute atomic E-state index is 0.520. The minimum Gasteiger partial charge on any atom is -0.389 e. The normalized spacial score (nSPS) is 15.1. The molecule has 2 aromatic heterocycles. The van der Waals surface area contributed by atoms with Gasteiger partial charge < -0.3 is 21.1 Å². The van der Waals surface area contributed by atoms with Gasteiger partial charge in [0.05, 0.1) is 17.0 Å². The molecule has 4 rings (SSSR count). The summed E-state index contributed by atoms with van der Waals surface area (Å²) < 4.78 is 0. The zero-order valence-corrected chi connectivity index (χ0v) is 22.6. The Kier molecular flexibility index (Phi) is 11.7. The first kappa shape index (κ1) is 28.3. The van der Waals surface area contributed by atoms with Crippen molar-refractivity contribution in [3.63, 3.8) is 0 Å². The third-order valence-corrected chi connectivity index (χ3v) is 7.27. The quantitative estimate of drug-likeness (QED) is 0.216. The van der Waals surface area contributed by atoms with Crippen molar-refractivity contribution in [1.82, 2.24) is 30.8 Å². The number of aliphatic hydroxyl groups is 1. The van der Waals surface area contributed by atoms with E-state index in [1.54, 1.807) is 0 Å². The van der Waals surface area contributed by atoms with E-state index in [1.807, 2.05) is 36.7 Å². The molecule has 0 radical (unpaired) electrons. The lowest BCUT2D eigenvalue weighted by atomic mass is 9.85. The smallest absolute Gasteiger partial charge is 0.0771 e. The van der Waals surface area contributed by atoms with Crippen molar-refractivity contribution in [2.45, 2.75) is 63.9 Å². The fraction of sp³-hybridized carbons (Fsp3) is 0.484. The Morgan fingerprint density at radius 3 is 1.82 bits per heavy atom. The van der Waals surface area contributed by atoms with Crippen molar-refractivity contribution in [2.24, 2.45) is 0 Å². The lowest BCUT2D eigenvalue weighted by Crippen LogP contribution is -2.41. The monoisotopic (exact) mass is 516 g/mol. The number of hydrogen-bond donors (Lipinski definition) is 4. The molecule has 0 amide bonds. The van der Waals surface area contributed by atoms with Crippen LogP contribution in [0.25, 0.3) is 0 Å². The molecule has 1 saturated carbocycles. The number of benzene rings is 1. The maximum Gasteiger partial charge on any atom is 0.0771 e. The van der Waals surface area contributed by atoms with E-state index in [0.717, 1.165) is 89.4 Å². The molecule has 1 aliphatic carbocycles. The van der Waals surface area contributed by atoms with E-state index in [4.69, 9.17) is 0 Å². The lowest BCUT2D eigenvalue weighted by Gasteiger charge is -2.32. The topological polar surface area (TPSA) is 85.3 Å². The molecule has 3 aromatic rings. The van der Waals surface area contributed by atoms with Crippen molar-refractivity contribution in [3.05, 3.63) is 95.6 Å². The van der Waals surface area contributed by atoms with Gasteiger partial charge in [0.1, 0.15) is 0 Å². The molecule has 0 bridgehead atoms. The number of nitrogens with one attached hydrogen (secondary N) is 3. The first-order valence-corrected chi connectivity index (χ1v) is 14.1. The first-order valence-electron chi connectivity index (χ1n) is 14.1. The van der Waals surface area contributed by atoms with E-state index in [2.05, 4.69) is 67.2 Å². The third-order valence-electron chi connectivity index (χ3n) is 7.27. The Morgan fingerprint density at radius 2 is 1.26 bits per heavy atom. The van der Waals surface area contributed by atoms with E-state index >= 15 is 0 Å². The van der Waals surface area contributed by atoms with Gasteiger partial charge >= 0.3 is 0 Å². The molecule has 7 nitrogen and oxygen atoms in total. The summed E-state index contributed by atoms with van der Waals surface area (Å²) in [6.45, 7) is 7.67. The third kappa shape index (κ3) is 10.2. The zero-order valence-electron chi connectivity index (χ0n) is 22.6. The van der Waals surface area contributed by atoms with Gasteiger partial charge in [-0.25, -0.2) is 0 Å². The van der Waals surface area contributed by atoms with E-state index in [0.29, 0.717) is 6.54 Å². The standard InChI is InChI=1S/C31H44N6O/c38-31(14-4-1-5-15-31)26-34-22-27-10-12-28(13-11-27)25-37(20-18-32-23-29-8-2-6-16-35-29)21-19-33-24-30-9-3-7-17-36-30/h2-3,6-13,16-17,32-34,38H,1,4-5,14-15,18-26H2.